The average Bonchev–Trinajstić information content (AvgIpc) is 2.44. The number of hydrogen-bond donors (Lipinski definition) is 3. The highest BCUT2D eigenvalue weighted by molar-refractivity contribution is 5.56. The molecule has 5 N–H and O–H groups in total. The summed E-state index contributed by atoms with van der Waals surface area (Å²) in [5.74, 6) is 6.04. The molecule has 5 heteroatoms. The number of rotatable bonds is 4. The zero-order valence-electron chi connectivity index (χ0n) is 12.4. The van der Waals surface area contributed by atoms with Crippen molar-refractivity contribution in [2.45, 2.75) is 19.9 Å². The maximum Gasteiger partial charge on any atom is 0.124 e. The largest absolute Gasteiger partial charge is 0.496 e. The van der Waals surface area contributed by atoms with Crippen LogP contribution in [0.3, 0.4) is 0 Å². The summed E-state index contributed by atoms with van der Waals surface area (Å²) in [6.07, 6.45) is 0. The van der Waals surface area contributed by atoms with Crippen LogP contribution in [0.25, 0.3) is 0 Å². The molecule has 0 amide bonds. The van der Waals surface area contributed by atoms with Gasteiger partial charge in [0, 0.05) is 16.8 Å². The first-order valence-electron chi connectivity index (χ1n) is 6.64. The number of hydrazine groups is 1. The van der Waals surface area contributed by atoms with Crippen LogP contribution in [0.15, 0.2) is 30.3 Å². The van der Waals surface area contributed by atoms with Gasteiger partial charge in [-0.2, -0.15) is 0 Å². The molecule has 0 saturated carbocycles. The third kappa shape index (κ3) is 2.99. The van der Waals surface area contributed by atoms with Crippen LogP contribution < -0.4 is 21.7 Å². The van der Waals surface area contributed by atoms with Crippen LogP contribution >= 0.6 is 0 Å². The van der Waals surface area contributed by atoms with Crippen molar-refractivity contribution >= 4 is 5.69 Å². The molecule has 1 unspecified atom stereocenters. The van der Waals surface area contributed by atoms with E-state index < -0.39 is 6.04 Å². The van der Waals surface area contributed by atoms with Crippen molar-refractivity contribution in [1.82, 2.24) is 5.43 Å². The van der Waals surface area contributed by atoms with Crippen LogP contribution in [-0.2, 0) is 0 Å². The molecule has 0 fully saturated rings. The standard InChI is InChI=1S/C16H20FN3O/c1-9-6-10(2)15(14(7-9)21-3)16(20-19)12-8-11(17)4-5-13(12)18/h4-8,16,20H,18-19H2,1-3H3. The molecule has 1 atom stereocenters. The van der Waals surface area contributed by atoms with E-state index in [1.165, 1.54) is 18.2 Å². The molecule has 0 spiro atoms. The van der Waals surface area contributed by atoms with E-state index in [2.05, 4.69) is 5.43 Å². The highest BCUT2D eigenvalue weighted by Gasteiger charge is 2.22. The lowest BCUT2D eigenvalue weighted by atomic mass is 9.92. The molecule has 0 radical (unpaired) electrons. The van der Waals surface area contributed by atoms with Gasteiger partial charge in [-0.25, -0.2) is 9.82 Å². The van der Waals surface area contributed by atoms with Gasteiger partial charge in [-0.15, -0.1) is 0 Å². The Morgan fingerprint density at radius 3 is 2.52 bits per heavy atom. The average molecular weight is 289 g/mol. The number of halogens is 1. The van der Waals surface area contributed by atoms with Crippen molar-refractivity contribution in [3.63, 3.8) is 0 Å². The van der Waals surface area contributed by atoms with Gasteiger partial charge in [0.2, 0.25) is 0 Å². The van der Waals surface area contributed by atoms with Gasteiger partial charge < -0.3 is 10.5 Å². The summed E-state index contributed by atoms with van der Waals surface area (Å²) in [5.41, 5.74) is 12.7. The van der Waals surface area contributed by atoms with Crippen LogP contribution in [0.2, 0.25) is 0 Å². The summed E-state index contributed by atoms with van der Waals surface area (Å²) >= 11 is 0. The lowest BCUT2D eigenvalue weighted by Gasteiger charge is -2.23. The number of hydrogen-bond acceptors (Lipinski definition) is 4. The number of aryl methyl sites for hydroxylation is 2. The molecule has 0 aliphatic heterocycles. The molecule has 112 valence electrons. The Labute approximate surface area is 123 Å². The predicted molar refractivity (Wildman–Crippen MR) is 82.4 cm³/mol. The number of methoxy groups -OCH3 is 1. The minimum atomic E-state index is -0.448. The van der Waals surface area contributed by atoms with E-state index in [9.17, 15) is 4.39 Å². The van der Waals surface area contributed by atoms with Crippen molar-refractivity contribution in [3.8, 4) is 5.75 Å². The first-order valence-corrected chi connectivity index (χ1v) is 6.64. The van der Waals surface area contributed by atoms with Crippen LogP contribution in [0.1, 0.15) is 28.3 Å². The monoisotopic (exact) mass is 289 g/mol. The molecule has 4 nitrogen and oxygen atoms in total. The summed E-state index contributed by atoms with van der Waals surface area (Å²) in [7, 11) is 1.60. The Morgan fingerprint density at radius 2 is 1.90 bits per heavy atom. The van der Waals surface area contributed by atoms with Gasteiger partial charge in [0.15, 0.2) is 0 Å². The Bertz CT molecular complexity index is 658. The second-order valence-electron chi connectivity index (χ2n) is 5.07. The minimum absolute atomic E-state index is 0.358. The highest BCUT2D eigenvalue weighted by Crippen LogP contribution is 2.35. The van der Waals surface area contributed by atoms with Crippen molar-refractivity contribution in [3.05, 3.63) is 58.4 Å². The zero-order valence-corrected chi connectivity index (χ0v) is 12.4. The first kappa shape index (κ1) is 15.3. The number of anilines is 1. The normalized spacial score (nSPS) is 12.2. The van der Waals surface area contributed by atoms with Gasteiger partial charge in [0.1, 0.15) is 11.6 Å². The van der Waals surface area contributed by atoms with Crippen molar-refractivity contribution in [1.29, 1.82) is 0 Å². The fourth-order valence-electron chi connectivity index (χ4n) is 2.60. The van der Waals surface area contributed by atoms with Gasteiger partial charge in [-0.3, -0.25) is 5.84 Å². The van der Waals surface area contributed by atoms with Crippen LogP contribution in [0.4, 0.5) is 10.1 Å². The van der Waals surface area contributed by atoms with Crippen LogP contribution in [0.5, 0.6) is 5.75 Å². The molecule has 0 aromatic heterocycles. The maximum absolute atomic E-state index is 13.6. The second-order valence-corrected chi connectivity index (χ2v) is 5.07. The van der Waals surface area contributed by atoms with E-state index in [1.54, 1.807) is 7.11 Å². The van der Waals surface area contributed by atoms with Crippen LogP contribution in [-0.4, -0.2) is 7.11 Å². The lowest BCUT2D eigenvalue weighted by Crippen LogP contribution is -2.30. The Morgan fingerprint density at radius 1 is 1.19 bits per heavy atom. The fraction of sp³-hybridized carbons (Fsp3) is 0.250. The zero-order chi connectivity index (χ0) is 15.6. The van der Waals surface area contributed by atoms with Crippen LogP contribution in [0, 0.1) is 19.7 Å². The summed E-state index contributed by atoms with van der Waals surface area (Å²) in [5, 5.41) is 0. The highest BCUT2D eigenvalue weighted by atomic mass is 19.1. The van der Waals surface area contributed by atoms with E-state index in [0.717, 1.165) is 16.7 Å². The molecule has 0 aliphatic carbocycles. The fourth-order valence-corrected chi connectivity index (χ4v) is 2.60. The number of nitrogens with one attached hydrogen (secondary N) is 1. The molecule has 0 bridgehead atoms. The number of nitrogens with two attached hydrogens (primary N) is 2. The van der Waals surface area contributed by atoms with Gasteiger partial charge >= 0.3 is 0 Å². The predicted octanol–water partition coefficient (Wildman–Crippen LogP) is 2.59. The van der Waals surface area contributed by atoms with E-state index in [0.29, 0.717) is 17.0 Å². The summed E-state index contributed by atoms with van der Waals surface area (Å²) in [6.45, 7) is 3.95. The smallest absolute Gasteiger partial charge is 0.124 e. The van der Waals surface area contributed by atoms with E-state index in [1.807, 2.05) is 26.0 Å². The van der Waals surface area contributed by atoms with Crippen molar-refractivity contribution in [2.75, 3.05) is 12.8 Å². The third-order valence-electron chi connectivity index (χ3n) is 3.53. The number of ether oxygens (including phenoxy) is 1. The van der Waals surface area contributed by atoms with E-state index in [4.69, 9.17) is 16.3 Å². The molecule has 2 aromatic rings. The van der Waals surface area contributed by atoms with E-state index >= 15 is 0 Å². The molecule has 2 rings (SSSR count). The SMILES string of the molecule is COc1cc(C)cc(C)c1C(NN)c1cc(F)ccc1N. The van der Waals surface area contributed by atoms with E-state index in [-0.39, 0.29) is 5.82 Å². The number of nitrogen functional groups attached to an aromatic ring is 1. The molecular formula is C16H20FN3O. The second kappa shape index (κ2) is 6.11. The molecule has 0 saturated heterocycles. The summed E-state index contributed by atoms with van der Waals surface area (Å²) in [4.78, 5) is 0. The topological polar surface area (TPSA) is 73.3 Å². The molecule has 2 aromatic carbocycles. The maximum atomic E-state index is 13.6. The third-order valence-corrected chi connectivity index (χ3v) is 3.53. The quantitative estimate of drug-likeness (QED) is 0.459. The Kier molecular flexibility index (Phi) is 4.45. The van der Waals surface area contributed by atoms with Gasteiger partial charge in [-0.05, 0) is 49.2 Å². The summed E-state index contributed by atoms with van der Waals surface area (Å²) < 4.78 is 19.0. The van der Waals surface area contributed by atoms with Gasteiger partial charge in [0.25, 0.3) is 0 Å². The minimum Gasteiger partial charge on any atom is -0.496 e. The summed E-state index contributed by atoms with van der Waals surface area (Å²) in [6, 6.07) is 7.74. The Hall–Kier alpha value is -2.11. The Balaban J connectivity index is 2.64. The first-order chi connectivity index (χ1) is 9.97. The molecular weight excluding hydrogens is 269 g/mol. The molecule has 0 aliphatic rings. The van der Waals surface area contributed by atoms with Crippen molar-refractivity contribution in [2.24, 2.45) is 5.84 Å². The molecule has 21 heavy (non-hydrogen) atoms. The van der Waals surface area contributed by atoms with Gasteiger partial charge in [-0.1, -0.05) is 6.07 Å². The lowest BCUT2D eigenvalue weighted by molar-refractivity contribution is 0.403. The molecule has 0 heterocycles. The van der Waals surface area contributed by atoms with Crippen molar-refractivity contribution < 1.29 is 9.13 Å². The van der Waals surface area contributed by atoms with Gasteiger partial charge in [0.05, 0.1) is 13.2 Å². The number of benzene rings is 2.